The normalized spacial score (nSPS) is 25.7. The van der Waals surface area contributed by atoms with Gasteiger partial charge in [0.15, 0.2) is 0 Å². The predicted molar refractivity (Wildman–Crippen MR) is 73.5 cm³/mol. The maximum Gasteiger partial charge on any atom is 0.224 e. The molecule has 0 aromatic rings. The third kappa shape index (κ3) is 3.93. The summed E-state index contributed by atoms with van der Waals surface area (Å²) in [6.07, 6.45) is 0.963. The van der Waals surface area contributed by atoms with Crippen molar-refractivity contribution >= 4 is 11.8 Å². The Hall–Kier alpha value is -1.10. The highest BCUT2D eigenvalue weighted by Crippen LogP contribution is 2.26. The zero-order valence-corrected chi connectivity index (χ0v) is 11.9. The van der Waals surface area contributed by atoms with Gasteiger partial charge in [-0.25, -0.2) is 0 Å². The topological polar surface area (TPSA) is 61.4 Å². The minimum absolute atomic E-state index is 0.0466. The fraction of sp³-hybridized carbons (Fsp3) is 0.857. The molecule has 0 spiro atoms. The summed E-state index contributed by atoms with van der Waals surface area (Å²) in [5.74, 6) is 1.87. The first-order valence-electron chi connectivity index (χ1n) is 7.31. The first-order chi connectivity index (χ1) is 9.06. The van der Waals surface area contributed by atoms with E-state index in [1.54, 1.807) is 0 Å². The lowest BCUT2D eigenvalue weighted by Gasteiger charge is -2.17. The van der Waals surface area contributed by atoms with Crippen molar-refractivity contribution in [1.29, 1.82) is 0 Å². The summed E-state index contributed by atoms with van der Waals surface area (Å²) in [5.41, 5.74) is 0. The number of likely N-dealkylation sites (tertiary alicyclic amines) is 1. The minimum Gasteiger partial charge on any atom is -0.356 e. The van der Waals surface area contributed by atoms with Crippen molar-refractivity contribution < 1.29 is 9.59 Å². The summed E-state index contributed by atoms with van der Waals surface area (Å²) in [6.45, 7) is 8.35. The Balaban J connectivity index is 1.64. The van der Waals surface area contributed by atoms with Crippen LogP contribution < -0.4 is 10.6 Å². The van der Waals surface area contributed by atoms with Crippen molar-refractivity contribution in [2.45, 2.75) is 26.7 Å². The molecule has 5 nitrogen and oxygen atoms in total. The van der Waals surface area contributed by atoms with Gasteiger partial charge in [-0.15, -0.1) is 0 Å². The van der Waals surface area contributed by atoms with Crippen LogP contribution in [0.3, 0.4) is 0 Å². The lowest BCUT2D eigenvalue weighted by Crippen LogP contribution is -2.35. The van der Waals surface area contributed by atoms with Crippen LogP contribution in [0, 0.1) is 17.8 Å². The van der Waals surface area contributed by atoms with E-state index in [2.05, 4.69) is 10.6 Å². The lowest BCUT2D eigenvalue weighted by molar-refractivity contribution is -0.130. The molecule has 19 heavy (non-hydrogen) atoms. The monoisotopic (exact) mass is 267 g/mol. The fourth-order valence-electron chi connectivity index (χ4n) is 2.97. The van der Waals surface area contributed by atoms with Crippen LogP contribution in [0.5, 0.6) is 0 Å². The van der Waals surface area contributed by atoms with Gasteiger partial charge in [0.1, 0.15) is 0 Å². The molecule has 2 N–H and O–H groups in total. The molecule has 0 unspecified atom stereocenters. The number of nitrogens with zero attached hydrogens (tertiary/aromatic N) is 1. The van der Waals surface area contributed by atoms with E-state index in [1.807, 2.05) is 18.7 Å². The summed E-state index contributed by atoms with van der Waals surface area (Å²) in [4.78, 5) is 25.5. The van der Waals surface area contributed by atoms with E-state index >= 15 is 0 Å². The van der Waals surface area contributed by atoms with Gasteiger partial charge in [0.25, 0.3) is 0 Å². The lowest BCUT2D eigenvalue weighted by atomic mass is 10.0. The van der Waals surface area contributed by atoms with Gasteiger partial charge in [-0.05, 0) is 17.8 Å². The van der Waals surface area contributed by atoms with Crippen molar-refractivity contribution in [2.24, 2.45) is 17.8 Å². The molecule has 0 bridgehead atoms. The SMILES string of the molecule is CC(C)CC(=O)NCCC(=O)N1C[C@H]2CNC[C@H]2C1. The number of hydrogen-bond donors (Lipinski definition) is 2. The average molecular weight is 267 g/mol. The van der Waals surface area contributed by atoms with Gasteiger partial charge in [0.2, 0.25) is 11.8 Å². The predicted octanol–water partition coefficient (Wildman–Crippen LogP) is 0.217. The van der Waals surface area contributed by atoms with Crippen LogP contribution in [0.4, 0.5) is 0 Å². The second kappa shape index (κ2) is 6.37. The maximum absolute atomic E-state index is 12.0. The quantitative estimate of drug-likeness (QED) is 0.749. The smallest absolute Gasteiger partial charge is 0.224 e. The summed E-state index contributed by atoms with van der Waals surface area (Å²) in [5, 5.41) is 6.19. The van der Waals surface area contributed by atoms with E-state index in [1.165, 1.54) is 0 Å². The van der Waals surface area contributed by atoms with Crippen LogP contribution in [-0.4, -0.2) is 49.4 Å². The Kier molecular flexibility index (Phi) is 4.80. The van der Waals surface area contributed by atoms with E-state index in [-0.39, 0.29) is 11.8 Å². The van der Waals surface area contributed by atoms with Gasteiger partial charge in [-0.1, -0.05) is 13.8 Å². The van der Waals surface area contributed by atoms with E-state index in [4.69, 9.17) is 0 Å². The summed E-state index contributed by atoms with van der Waals surface area (Å²) < 4.78 is 0. The standard InChI is InChI=1S/C14H25N3O2/c1-10(2)5-13(18)16-4-3-14(19)17-8-11-6-15-7-12(11)9-17/h10-12,15H,3-9H2,1-2H3,(H,16,18)/t11-,12+. The highest BCUT2D eigenvalue weighted by Gasteiger charge is 2.37. The van der Waals surface area contributed by atoms with Crippen molar-refractivity contribution in [3.8, 4) is 0 Å². The molecule has 5 heteroatoms. The molecule has 2 aliphatic heterocycles. The van der Waals surface area contributed by atoms with Crippen LogP contribution in [-0.2, 0) is 9.59 Å². The van der Waals surface area contributed by atoms with E-state index in [0.717, 1.165) is 26.2 Å². The Labute approximate surface area is 115 Å². The van der Waals surface area contributed by atoms with Crippen molar-refractivity contribution in [3.63, 3.8) is 0 Å². The molecule has 0 aromatic carbocycles. The van der Waals surface area contributed by atoms with Crippen LogP contribution in [0.2, 0.25) is 0 Å². The van der Waals surface area contributed by atoms with Crippen molar-refractivity contribution in [1.82, 2.24) is 15.5 Å². The molecule has 0 radical (unpaired) electrons. The molecule has 0 aliphatic carbocycles. The average Bonchev–Trinajstić information content (AvgIpc) is 2.87. The minimum atomic E-state index is 0.0466. The Morgan fingerprint density at radius 1 is 1.26 bits per heavy atom. The Morgan fingerprint density at radius 3 is 2.47 bits per heavy atom. The van der Waals surface area contributed by atoms with Crippen LogP contribution in [0.15, 0.2) is 0 Å². The van der Waals surface area contributed by atoms with Crippen molar-refractivity contribution in [2.75, 3.05) is 32.7 Å². The van der Waals surface area contributed by atoms with Crippen LogP contribution in [0.25, 0.3) is 0 Å². The Morgan fingerprint density at radius 2 is 1.89 bits per heavy atom. The van der Waals surface area contributed by atoms with Gasteiger partial charge in [0.05, 0.1) is 0 Å². The first kappa shape index (κ1) is 14.3. The number of amides is 2. The van der Waals surface area contributed by atoms with Gasteiger partial charge < -0.3 is 15.5 Å². The zero-order valence-electron chi connectivity index (χ0n) is 11.9. The highest BCUT2D eigenvalue weighted by atomic mass is 16.2. The number of fused-ring (bicyclic) bond motifs is 1. The van der Waals surface area contributed by atoms with Crippen LogP contribution in [0.1, 0.15) is 26.7 Å². The number of carbonyl (C=O) groups is 2. The highest BCUT2D eigenvalue weighted by molar-refractivity contribution is 5.79. The van der Waals surface area contributed by atoms with E-state index in [0.29, 0.717) is 37.1 Å². The second-order valence-electron chi connectivity index (χ2n) is 6.18. The molecule has 2 fully saturated rings. The van der Waals surface area contributed by atoms with Gasteiger partial charge in [0, 0.05) is 45.6 Å². The molecule has 108 valence electrons. The molecule has 2 amide bonds. The third-order valence-corrected chi connectivity index (χ3v) is 4.00. The van der Waals surface area contributed by atoms with Gasteiger partial charge in [-0.3, -0.25) is 9.59 Å². The molecular formula is C14H25N3O2. The molecule has 2 saturated heterocycles. The van der Waals surface area contributed by atoms with Crippen molar-refractivity contribution in [3.05, 3.63) is 0 Å². The number of rotatable bonds is 5. The number of carbonyl (C=O) groups excluding carboxylic acids is 2. The number of nitrogens with one attached hydrogen (secondary N) is 2. The molecule has 0 aromatic heterocycles. The third-order valence-electron chi connectivity index (χ3n) is 4.00. The largest absolute Gasteiger partial charge is 0.356 e. The van der Waals surface area contributed by atoms with E-state index < -0.39 is 0 Å². The molecule has 2 rings (SSSR count). The maximum atomic E-state index is 12.0. The van der Waals surface area contributed by atoms with Gasteiger partial charge >= 0.3 is 0 Å². The first-order valence-corrected chi connectivity index (χ1v) is 7.31. The summed E-state index contributed by atoms with van der Waals surface area (Å²) in [7, 11) is 0. The number of hydrogen-bond acceptors (Lipinski definition) is 3. The molecule has 2 aliphatic rings. The van der Waals surface area contributed by atoms with E-state index in [9.17, 15) is 9.59 Å². The second-order valence-corrected chi connectivity index (χ2v) is 6.18. The fourth-order valence-corrected chi connectivity index (χ4v) is 2.97. The summed E-state index contributed by atoms with van der Waals surface area (Å²) in [6, 6.07) is 0. The van der Waals surface area contributed by atoms with Crippen LogP contribution >= 0.6 is 0 Å². The molecule has 2 atom stereocenters. The van der Waals surface area contributed by atoms with Gasteiger partial charge in [-0.2, -0.15) is 0 Å². The zero-order chi connectivity index (χ0) is 13.8. The molecule has 2 heterocycles. The Bertz CT molecular complexity index is 332. The summed E-state index contributed by atoms with van der Waals surface area (Å²) >= 11 is 0. The molecule has 0 saturated carbocycles. The molecular weight excluding hydrogens is 242 g/mol.